The number of hydrogen-bond acceptors (Lipinski definition) is 4. The van der Waals surface area contributed by atoms with Gasteiger partial charge in [0.05, 0.1) is 0 Å². The fourth-order valence-electron chi connectivity index (χ4n) is 2.30. The normalized spacial score (nSPS) is 20.6. The number of rotatable bonds is 2. The first-order valence-electron chi connectivity index (χ1n) is 6.28. The number of carbonyl (C=O) groups excluding carboxylic acids is 3. The van der Waals surface area contributed by atoms with E-state index in [1.807, 2.05) is 0 Å². The Bertz CT molecular complexity index is 648. The van der Waals surface area contributed by atoms with Crippen LogP contribution in [0.3, 0.4) is 0 Å². The van der Waals surface area contributed by atoms with Crippen LogP contribution in [0.2, 0.25) is 5.02 Å². The molecule has 21 heavy (non-hydrogen) atoms. The van der Waals surface area contributed by atoms with Crippen LogP contribution in [0, 0.1) is 0 Å². The van der Waals surface area contributed by atoms with E-state index < -0.39 is 17.9 Å². The van der Waals surface area contributed by atoms with Crippen molar-refractivity contribution in [2.75, 3.05) is 20.2 Å². The van der Waals surface area contributed by atoms with Gasteiger partial charge < -0.3 is 4.74 Å². The lowest BCUT2D eigenvalue weighted by molar-refractivity contribution is -0.127. The van der Waals surface area contributed by atoms with Gasteiger partial charge in [-0.2, -0.15) is 0 Å². The molecule has 1 unspecified atom stereocenters. The van der Waals surface area contributed by atoms with E-state index in [0.717, 1.165) is 9.91 Å². The summed E-state index contributed by atoms with van der Waals surface area (Å²) in [5, 5.41) is 1.50. The molecule has 7 nitrogen and oxygen atoms in total. The molecule has 0 saturated carbocycles. The smallest absolute Gasteiger partial charge is 0.345 e. The van der Waals surface area contributed by atoms with Crippen LogP contribution in [0.5, 0.6) is 5.75 Å². The molecule has 1 saturated heterocycles. The van der Waals surface area contributed by atoms with E-state index in [1.54, 1.807) is 18.2 Å². The van der Waals surface area contributed by atoms with Gasteiger partial charge >= 0.3 is 6.03 Å². The van der Waals surface area contributed by atoms with Gasteiger partial charge in [-0.3, -0.25) is 19.9 Å². The van der Waals surface area contributed by atoms with Crippen molar-refractivity contribution in [2.45, 2.75) is 5.92 Å². The minimum absolute atomic E-state index is 0.170. The molecule has 110 valence electrons. The molecule has 3 rings (SSSR count). The second kappa shape index (κ2) is 4.92. The maximum Gasteiger partial charge on any atom is 0.345 e. The minimum atomic E-state index is -0.562. The average Bonchev–Trinajstić information content (AvgIpc) is 2.96. The quantitative estimate of drug-likeness (QED) is 0.817. The van der Waals surface area contributed by atoms with E-state index >= 15 is 0 Å². The Balaban J connectivity index is 1.75. The second-order valence-electron chi connectivity index (χ2n) is 4.84. The standard InChI is InChI=1S/C13H12ClN3O4/c1-16-11(18)5-17(13(16)20)15-12(19)9-6-21-10-3-2-7(14)4-8(9)10/h2-4,9H,5-6H2,1H3,(H,15,19). The highest BCUT2D eigenvalue weighted by atomic mass is 35.5. The summed E-state index contributed by atoms with van der Waals surface area (Å²) < 4.78 is 5.42. The molecule has 0 aliphatic carbocycles. The van der Waals surface area contributed by atoms with Crippen LogP contribution in [0.4, 0.5) is 4.79 Å². The third-order valence-electron chi connectivity index (χ3n) is 3.50. The van der Waals surface area contributed by atoms with Crippen molar-refractivity contribution in [2.24, 2.45) is 0 Å². The SMILES string of the molecule is CN1C(=O)CN(NC(=O)C2COc3ccc(Cl)cc32)C1=O. The lowest BCUT2D eigenvalue weighted by Crippen LogP contribution is -2.46. The summed E-state index contributed by atoms with van der Waals surface area (Å²) in [6, 6.07) is 4.48. The zero-order valence-electron chi connectivity index (χ0n) is 11.1. The number of amides is 4. The Morgan fingerprint density at radius 1 is 1.43 bits per heavy atom. The molecule has 1 aromatic rings. The van der Waals surface area contributed by atoms with E-state index in [1.165, 1.54) is 7.05 Å². The molecule has 0 aromatic heterocycles. The third-order valence-corrected chi connectivity index (χ3v) is 3.73. The van der Waals surface area contributed by atoms with Gasteiger partial charge in [0.25, 0.3) is 5.91 Å². The van der Waals surface area contributed by atoms with Gasteiger partial charge in [0.1, 0.15) is 24.8 Å². The summed E-state index contributed by atoms with van der Waals surface area (Å²) in [7, 11) is 1.37. The number of hydrogen-bond donors (Lipinski definition) is 1. The van der Waals surface area contributed by atoms with Crippen molar-refractivity contribution in [1.82, 2.24) is 15.3 Å². The van der Waals surface area contributed by atoms with Gasteiger partial charge in [-0.15, -0.1) is 0 Å². The molecule has 2 aliphatic heterocycles. The summed E-state index contributed by atoms with van der Waals surface area (Å²) in [6.45, 7) is 0.00434. The lowest BCUT2D eigenvalue weighted by Gasteiger charge is -2.18. The topological polar surface area (TPSA) is 79.0 Å². The molecule has 2 aliphatic rings. The highest BCUT2D eigenvalue weighted by Crippen LogP contribution is 2.35. The highest BCUT2D eigenvalue weighted by molar-refractivity contribution is 6.30. The summed E-state index contributed by atoms with van der Waals surface area (Å²) in [5.41, 5.74) is 3.12. The first-order valence-corrected chi connectivity index (χ1v) is 6.66. The summed E-state index contributed by atoms with van der Waals surface area (Å²) in [4.78, 5) is 36.4. The number of imide groups is 1. The molecule has 1 atom stereocenters. The van der Waals surface area contributed by atoms with E-state index in [4.69, 9.17) is 16.3 Å². The Morgan fingerprint density at radius 2 is 2.19 bits per heavy atom. The Morgan fingerprint density at radius 3 is 2.86 bits per heavy atom. The fraction of sp³-hybridized carbons (Fsp3) is 0.308. The number of halogens is 1. The van der Waals surface area contributed by atoms with E-state index in [2.05, 4.69) is 5.43 Å². The zero-order chi connectivity index (χ0) is 15.1. The van der Waals surface area contributed by atoms with Crippen molar-refractivity contribution >= 4 is 29.4 Å². The number of hydrazine groups is 1. The maximum absolute atomic E-state index is 12.3. The summed E-state index contributed by atoms with van der Waals surface area (Å²) >= 11 is 5.92. The molecule has 0 spiro atoms. The number of carbonyl (C=O) groups is 3. The Labute approximate surface area is 125 Å². The number of urea groups is 1. The Hall–Kier alpha value is -2.28. The van der Waals surface area contributed by atoms with Crippen molar-refractivity contribution < 1.29 is 19.1 Å². The largest absolute Gasteiger partial charge is 0.492 e. The van der Waals surface area contributed by atoms with Gasteiger partial charge in [-0.05, 0) is 18.2 Å². The summed E-state index contributed by atoms with van der Waals surface area (Å²) in [5.74, 6) is -0.744. The molecular weight excluding hydrogens is 298 g/mol. The molecule has 4 amide bonds. The minimum Gasteiger partial charge on any atom is -0.492 e. The molecule has 0 radical (unpaired) electrons. The van der Waals surface area contributed by atoms with Gasteiger partial charge in [0.15, 0.2) is 0 Å². The van der Waals surface area contributed by atoms with Crippen LogP contribution >= 0.6 is 11.6 Å². The highest BCUT2D eigenvalue weighted by Gasteiger charge is 2.37. The second-order valence-corrected chi connectivity index (χ2v) is 5.28. The number of ether oxygens (including phenoxy) is 1. The van der Waals surface area contributed by atoms with E-state index in [9.17, 15) is 14.4 Å². The van der Waals surface area contributed by atoms with E-state index in [0.29, 0.717) is 16.3 Å². The first kappa shape index (κ1) is 13.7. The van der Waals surface area contributed by atoms with Crippen LogP contribution in [-0.2, 0) is 9.59 Å². The molecular formula is C13H12ClN3O4. The van der Waals surface area contributed by atoms with Crippen molar-refractivity contribution in [3.05, 3.63) is 28.8 Å². The van der Waals surface area contributed by atoms with Gasteiger partial charge in [0, 0.05) is 17.6 Å². The monoisotopic (exact) mass is 309 g/mol. The number of nitrogens with zero attached hydrogens (tertiary/aromatic N) is 2. The molecule has 2 heterocycles. The lowest BCUT2D eigenvalue weighted by atomic mass is 10.0. The Kier molecular flexibility index (Phi) is 3.21. The molecule has 1 aromatic carbocycles. The van der Waals surface area contributed by atoms with Crippen molar-refractivity contribution in [3.63, 3.8) is 0 Å². The van der Waals surface area contributed by atoms with Crippen LogP contribution in [0.25, 0.3) is 0 Å². The fourth-order valence-corrected chi connectivity index (χ4v) is 2.48. The number of nitrogens with one attached hydrogen (secondary N) is 1. The molecule has 1 N–H and O–H groups in total. The van der Waals surface area contributed by atoms with Gasteiger partial charge in [-0.1, -0.05) is 11.6 Å². The van der Waals surface area contributed by atoms with Crippen LogP contribution in [-0.4, -0.2) is 48.0 Å². The van der Waals surface area contributed by atoms with Crippen molar-refractivity contribution in [3.8, 4) is 5.75 Å². The molecule has 8 heteroatoms. The molecule has 0 bridgehead atoms. The maximum atomic E-state index is 12.3. The van der Waals surface area contributed by atoms with Crippen LogP contribution in [0.15, 0.2) is 18.2 Å². The van der Waals surface area contributed by atoms with Gasteiger partial charge in [0.2, 0.25) is 5.91 Å². The predicted octanol–water partition coefficient (Wildman–Crippen LogP) is 0.741. The zero-order valence-corrected chi connectivity index (χ0v) is 11.9. The number of likely N-dealkylation sites (N-methyl/N-ethyl adjacent to an activating group) is 1. The van der Waals surface area contributed by atoms with Crippen LogP contribution < -0.4 is 10.2 Å². The average molecular weight is 310 g/mol. The third kappa shape index (κ3) is 2.29. The number of fused-ring (bicyclic) bond motifs is 1. The predicted molar refractivity (Wildman–Crippen MR) is 72.7 cm³/mol. The van der Waals surface area contributed by atoms with Gasteiger partial charge in [-0.25, -0.2) is 9.80 Å². The van der Waals surface area contributed by atoms with Crippen molar-refractivity contribution in [1.29, 1.82) is 0 Å². The van der Waals surface area contributed by atoms with Crippen LogP contribution in [0.1, 0.15) is 11.5 Å². The number of benzene rings is 1. The first-order chi connectivity index (χ1) is 9.97. The summed E-state index contributed by atoms with van der Waals surface area (Å²) in [6.07, 6.45) is 0. The molecule has 1 fully saturated rings. The van der Waals surface area contributed by atoms with E-state index in [-0.39, 0.29) is 19.1 Å².